The highest BCUT2D eigenvalue weighted by molar-refractivity contribution is 7.13. The average molecular weight is 286 g/mol. The summed E-state index contributed by atoms with van der Waals surface area (Å²) < 4.78 is 16.1. The Labute approximate surface area is 121 Å². The van der Waals surface area contributed by atoms with Gasteiger partial charge in [0.05, 0.1) is 18.9 Å². The average Bonchev–Trinajstić information content (AvgIpc) is 2.90. The summed E-state index contributed by atoms with van der Waals surface area (Å²) in [6.07, 6.45) is 0. The number of nitrogens with zero attached hydrogens (tertiary/aromatic N) is 1. The number of fused-ring (bicyclic) bond motifs is 1. The molecule has 20 heavy (non-hydrogen) atoms. The van der Waals surface area contributed by atoms with Crippen molar-refractivity contribution < 1.29 is 9.47 Å². The number of rotatable bonds is 4. The fourth-order valence-electron chi connectivity index (χ4n) is 1.99. The van der Waals surface area contributed by atoms with Crippen LogP contribution in [0.5, 0.6) is 11.5 Å². The van der Waals surface area contributed by atoms with Gasteiger partial charge >= 0.3 is 0 Å². The summed E-state index contributed by atoms with van der Waals surface area (Å²) in [7, 11) is 3.27. The topological polar surface area (TPSA) is 43.4 Å². The van der Waals surface area contributed by atoms with Crippen LogP contribution in [0.1, 0.15) is 0 Å². The van der Waals surface area contributed by atoms with Gasteiger partial charge in [-0.3, -0.25) is 0 Å². The number of ether oxygens (including phenoxy) is 2. The maximum Gasteiger partial charge on any atom is 0.151 e. The number of methoxy groups -OCH3 is 2. The molecule has 2 aromatic carbocycles. The van der Waals surface area contributed by atoms with E-state index in [1.165, 1.54) is 11.5 Å². The summed E-state index contributed by atoms with van der Waals surface area (Å²) in [5.41, 5.74) is 0.886. The van der Waals surface area contributed by atoms with E-state index in [-0.39, 0.29) is 0 Å². The Balaban J connectivity index is 1.98. The summed E-state index contributed by atoms with van der Waals surface area (Å²) >= 11 is 1.48. The van der Waals surface area contributed by atoms with Crippen LogP contribution in [0.3, 0.4) is 0 Å². The summed E-state index contributed by atoms with van der Waals surface area (Å²) in [5, 5.41) is 4.43. The molecule has 4 nitrogen and oxygen atoms in total. The fraction of sp³-hybridized carbons (Fsp3) is 0.133. The van der Waals surface area contributed by atoms with Gasteiger partial charge in [0.25, 0.3) is 0 Å². The first kappa shape index (κ1) is 12.7. The highest BCUT2D eigenvalue weighted by Crippen LogP contribution is 2.32. The van der Waals surface area contributed by atoms with E-state index in [4.69, 9.17) is 9.47 Å². The molecule has 3 rings (SSSR count). The van der Waals surface area contributed by atoms with E-state index in [1.54, 1.807) is 14.2 Å². The molecule has 0 saturated heterocycles. The van der Waals surface area contributed by atoms with Crippen LogP contribution in [0.25, 0.3) is 10.1 Å². The van der Waals surface area contributed by atoms with E-state index in [2.05, 4.69) is 21.8 Å². The lowest BCUT2D eigenvalue weighted by Crippen LogP contribution is -1.94. The van der Waals surface area contributed by atoms with E-state index in [1.807, 2.05) is 30.3 Å². The highest BCUT2D eigenvalue weighted by atomic mass is 32.1. The quantitative estimate of drug-likeness (QED) is 0.785. The van der Waals surface area contributed by atoms with Gasteiger partial charge in [-0.2, -0.15) is 4.37 Å². The Morgan fingerprint density at radius 1 is 1.00 bits per heavy atom. The third-order valence-corrected chi connectivity index (χ3v) is 3.82. The molecule has 1 N–H and O–H groups in total. The van der Waals surface area contributed by atoms with Crippen LogP contribution >= 0.6 is 11.5 Å². The summed E-state index contributed by atoms with van der Waals surface area (Å²) in [5.74, 6) is 2.33. The molecule has 0 radical (unpaired) electrons. The van der Waals surface area contributed by atoms with Gasteiger partial charge in [0.2, 0.25) is 0 Å². The second kappa shape index (κ2) is 5.38. The number of benzene rings is 2. The number of nitrogens with one attached hydrogen (secondary N) is 1. The number of hydrogen-bond acceptors (Lipinski definition) is 5. The standard InChI is InChI=1S/C15H14N2O2S/c1-18-11-7-10(8-12(9-11)19-2)16-15-13-5-3-4-6-14(13)20-17-15/h3-9H,1-2H3,(H,16,17). The molecule has 0 unspecified atom stereocenters. The van der Waals surface area contributed by atoms with Gasteiger partial charge in [-0.25, -0.2) is 0 Å². The van der Waals surface area contributed by atoms with Crippen molar-refractivity contribution >= 4 is 33.1 Å². The molecule has 0 fully saturated rings. The second-order valence-corrected chi connectivity index (χ2v) is 5.06. The van der Waals surface area contributed by atoms with Crippen LogP contribution in [0.15, 0.2) is 42.5 Å². The van der Waals surface area contributed by atoms with E-state index in [0.29, 0.717) is 0 Å². The van der Waals surface area contributed by atoms with E-state index >= 15 is 0 Å². The summed E-state index contributed by atoms with van der Waals surface area (Å²) in [6.45, 7) is 0. The number of anilines is 2. The Morgan fingerprint density at radius 2 is 1.70 bits per heavy atom. The van der Waals surface area contributed by atoms with Gasteiger partial charge in [-0.15, -0.1) is 0 Å². The van der Waals surface area contributed by atoms with Crippen molar-refractivity contribution in [3.05, 3.63) is 42.5 Å². The molecule has 0 amide bonds. The minimum atomic E-state index is 0.742. The maximum absolute atomic E-state index is 5.27. The molecule has 3 aromatic rings. The predicted octanol–water partition coefficient (Wildman–Crippen LogP) is 4.06. The highest BCUT2D eigenvalue weighted by Gasteiger charge is 2.07. The van der Waals surface area contributed by atoms with Crippen molar-refractivity contribution in [2.24, 2.45) is 0 Å². The largest absolute Gasteiger partial charge is 0.497 e. The lowest BCUT2D eigenvalue weighted by molar-refractivity contribution is 0.395. The molecule has 0 bridgehead atoms. The van der Waals surface area contributed by atoms with Crippen LogP contribution < -0.4 is 14.8 Å². The van der Waals surface area contributed by atoms with Crippen molar-refractivity contribution in [1.82, 2.24) is 4.37 Å². The van der Waals surface area contributed by atoms with Gasteiger partial charge in [-0.05, 0) is 23.7 Å². The maximum atomic E-state index is 5.27. The van der Waals surface area contributed by atoms with Crippen LogP contribution in [0, 0.1) is 0 Å². The van der Waals surface area contributed by atoms with Gasteiger partial charge in [0.1, 0.15) is 11.5 Å². The molecule has 0 atom stereocenters. The lowest BCUT2D eigenvalue weighted by Gasteiger charge is -2.09. The van der Waals surface area contributed by atoms with Crippen molar-refractivity contribution in [3.63, 3.8) is 0 Å². The van der Waals surface area contributed by atoms with Gasteiger partial charge < -0.3 is 14.8 Å². The summed E-state index contributed by atoms with van der Waals surface area (Å²) in [4.78, 5) is 0. The monoisotopic (exact) mass is 286 g/mol. The van der Waals surface area contributed by atoms with E-state index < -0.39 is 0 Å². The van der Waals surface area contributed by atoms with Gasteiger partial charge in [0.15, 0.2) is 5.82 Å². The molecule has 0 spiro atoms. The molecule has 5 heteroatoms. The minimum absolute atomic E-state index is 0.742. The zero-order valence-electron chi connectivity index (χ0n) is 11.2. The first-order chi connectivity index (χ1) is 9.80. The molecular formula is C15H14N2O2S. The van der Waals surface area contributed by atoms with Crippen LogP contribution in [0.2, 0.25) is 0 Å². The van der Waals surface area contributed by atoms with Gasteiger partial charge in [-0.1, -0.05) is 12.1 Å². The second-order valence-electron chi connectivity index (χ2n) is 4.25. The van der Waals surface area contributed by atoms with Crippen LogP contribution in [-0.4, -0.2) is 18.6 Å². The third kappa shape index (κ3) is 2.40. The van der Waals surface area contributed by atoms with Crippen molar-refractivity contribution in [2.75, 3.05) is 19.5 Å². The molecule has 0 aliphatic rings. The molecule has 0 aliphatic carbocycles. The zero-order valence-corrected chi connectivity index (χ0v) is 12.0. The first-order valence-corrected chi connectivity index (χ1v) is 6.92. The third-order valence-electron chi connectivity index (χ3n) is 2.99. The molecule has 1 heterocycles. The first-order valence-electron chi connectivity index (χ1n) is 6.14. The lowest BCUT2D eigenvalue weighted by atomic mass is 10.2. The van der Waals surface area contributed by atoms with Crippen molar-refractivity contribution in [1.29, 1.82) is 0 Å². The summed E-state index contributed by atoms with van der Waals surface area (Å²) in [6, 6.07) is 13.8. The molecule has 0 aliphatic heterocycles. The van der Waals surface area contributed by atoms with E-state index in [0.717, 1.165) is 33.1 Å². The van der Waals surface area contributed by atoms with E-state index in [9.17, 15) is 0 Å². The molecule has 0 saturated carbocycles. The number of hydrogen-bond donors (Lipinski definition) is 1. The van der Waals surface area contributed by atoms with Crippen molar-refractivity contribution in [2.45, 2.75) is 0 Å². The molecule has 1 aromatic heterocycles. The van der Waals surface area contributed by atoms with Crippen LogP contribution in [0.4, 0.5) is 11.5 Å². The Kier molecular flexibility index (Phi) is 3.43. The van der Waals surface area contributed by atoms with Crippen LogP contribution in [-0.2, 0) is 0 Å². The zero-order chi connectivity index (χ0) is 13.9. The normalized spacial score (nSPS) is 10.5. The minimum Gasteiger partial charge on any atom is -0.497 e. The Bertz CT molecular complexity index is 717. The fourth-order valence-corrected chi connectivity index (χ4v) is 2.73. The number of aromatic nitrogens is 1. The smallest absolute Gasteiger partial charge is 0.151 e. The Hall–Kier alpha value is -2.27. The predicted molar refractivity (Wildman–Crippen MR) is 82.4 cm³/mol. The SMILES string of the molecule is COc1cc(Nc2nsc3ccccc23)cc(OC)c1. The molecular weight excluding hydrogens is 272 g/mol. The van der Waals surface area contributed by atoms with Crippen molar-refractivity contribution in [3.8, 4) is 11.5 Å². The Morgan fingerprint density at radius 3 is 2.40 bits per heavy atom. The molecule has 102 valence electrons. The van der Waals surface area contributed by atoms with Gasteiger partial charge in [0, 0.05) is 29.3 Å².